The molecule has 0 saturated carbocycles. The SMILES string of the molecule is CCS/C(=C\C=C(/SCC)c1ccc(OC)cc1)c1ccccc1. The van der Waals surface area contributed by atoms with E-state index in [0.717, 1.165) is 17.3 Å². The summed E-state index contributed by atoms with van der Waals surface area (Å²) in [6.07, 6.45) is 4.48. The molecule has 0 radical (unpaired) electrons. The van der Waals surface area contributed by atoms with Crippen LogP contribution in [-0.2, 0) is 0 Å². The lowest BCUT2D eigenvalue weighted by Gasteiger charge is -2.08. The molecule has 0 aliphatic heterocycles. The molecule has 3 heteroatoms. The van der Waals surface area contributed by atoms with E-state index in [2.05, 4.69) is 68.5 Å². The van der Waals surface area contributed by atoms with Crippen LogP contribution in [0.5, 0.6) is 5.75 Å². The Labute approximate surface area is 154 Å². The molecule has 0 bridgehead atoms. The smallest absolute Gasteiger partial charge is 0.118 e. The number of hydrogen-bond acceptors (Lipinski definition) is 3. The van der Waals surface area contributed by atoms with Crippen molar-refractivity contribution in [3.63, 3.8) is 0 Å². The molecule has 0 unspecified atom stereocenters. The molecular weight excluding hydrogens is 332 g/mol. The van der Waals surface area contributed by atoms with Crippen molar-refractivity contribution in [3.05, 3.63) is 77.9 Å². The van der Waals surface area contributed by atoms with E-state index in [0.29, 0.717) is 0 Å². The fourth-order valence-corrected chi connectivity index (χ4v) is 3.83. The average Bonchev–Trinajstić information content (AvgIpc) is 2.65. The Morgan fingerprint density at radius 3 is 1.75 bits per heavy atom. The third-order valence-corrected chi connectivity index (χ3v) is 5.36. The van der Waals surface area contributed by atoms with Crippen LogP contribution >= 0.6 is 23.5 Å². The largest absolute Gasteiger partial charge is 0.497 e. The van der Waals surface area contributed by atoms with E-state index in [-0.39, 0.29) is 0 Å². The molecule has 0 N–H and O–H groups in total. The minimum atomic E-state index is 0.890. The van der Waals surface area contributed by atoms with Gasteiger partial charge in [0.2, 0.25) is 0 Å². The summed E-state index contributed by atoms with van der Waals surface area (Å²) in [4.78, 5) is 2.59. The molecule has 0 spiro atoms. The first-order valence-electron chi connectivity index (χ1n) is 8.15. The quantitative estimate of drug-likeness (QED) is 0.494. The summed E-state index contributed by atoms with van der Waals surface area (Å²) < 4.78 is 5.26. The Bertz CT molecular complexity index is 673. The molecule has 0 aromatic heterocycles. The molecule has 2 rings (SSSR count). The Morgan fingerprint density at radius 2 is 1.29 bits per heavy atom. The Balaban J connectivity index is 2.33. The lowest BCUT2D eigenvalue weighted by molar-refractivity contribution is 0.415. The van der Waals surface area contributed by atoms with Crippen molar-refractivity contribution in [1.29, 1.82) is 0 Å². The first-order valence-corrected chi connectivity index (χ1v) is 10.1. The summed E-state index contributed by atoms with van der Waals surface area (Å²) in [7, 11) is 1.70. The highest BCUT2D eigenvalue weighted by Gasteiger charge is 2.03. The second kappa shape index (κ2) is 10.3. The van der Waals surface area contributed by atoms with Crippen molar-refractivity contribution in [1.82, 2.24) is 0 Å². The van der Waals surface area contributed by atoms with Crippen LogP contribution in [0.4, 0.5) is 0 Å². The predicted octanol–water partition coefficient (Wildman–Crippen LogP) is 6.58. The summed E-state index contributed by atoms with van der Waals surface area (Å²) >= 11 is 3.74. The van der Waals surface area contributed by atoms with Crippen molar-refractivity contribution in [2.24, 2.45) is 0 Å². The Hall–Kier alpha value is -1.58. The van der Waals surface area contributed by atoms with Crippen LogP contribution in [0.2, 0.25) is 0 Å². The Kier molecular flexibility index (Phi) is 8.06. The number of hydrogen-bond donors (Lipinski definition) is 0. The van der Waals surface area contributed by atoms with Crippen LogP contribution in [0, 0.1) is 0 Å². The lowest BCUT2D eigenvalue weighted by atomic mass is 10.1. The van der Waals surface area contributed by atoms with E-state index in [9.17, 15) is 0 Å². The maximum absolute atomic E-state index is 5.26. The van der Waals surface area contributed by atoms with Crippen molar-refractivity contribution in [2.75, 3.05) is 18.6 Å². The lowest BCUT2D eigenvalue weighted by Crippen LogP contribution is -1.85. The standard InChI is InChI=1S/C21H24OS2/c1-4-23-20(17-9-7-6-8-10-17)15-16-21(24-5-2)18-11-13-19(22-3)14-12-18/h6-16H,4-5H2,1-3H3/b20-15-,21-16-. The fourth-order valence-electron chi connectivity index (χ4n) is 2.28. The molecule has 0 fully saturated rings. The van der Waals surface area contributed by atoms with Crippen molar-refractivity contribution < 1.29 is 4.74 Å². The zero-order valence-corrected chi connectivity index (χ0v) is 16.1. The molecule has 126 valence electrons. The first kappa shape index (κ1) is 18.8. The molecule has 0 saturated heterocycles. The van der Waals surface area contributed by atoms with Gasteiger partial charge < -0.3 is 4.74 Å². The number of thioether (sulfide) groups is 2. The third-order valence-electron chi connectivity index (χ3n) is 3.42. The van der Waals surface area contributed by atoms with Crippen LogP contribution in [0.25, 0.3) is 9.81 Å². The van der Waals surface area contributed by atoms with E-state index < -0.39 is 0 Å². The number of ether oxygens (including phenoxy) is 1. The fraction of sp³-hybridized carbons (Fsp3) is 0.238. The van der Waals surface area contributed by atoms with Gasteiger partial charge in [0.1, 0.15) is 5.75 Å². The third kappa shape index (κ3) is 5.50. The molecule has 0 heterocycles. The van der Waals surface area contributed by atoms with Crippen molar-refractivity contribution in [3.8, 4) is 5.75 Å². The summed E-state index contributed by atoms with van der Waals surface area (Å²) in [6, 6.07) is 18.9. The van der Waals surface area contributed by atoms with Gasteiger partial charge in [0.25, 0.3) is 0 Å². The second-order valence-electron chi connectivity index (χ2n) is 5.02. The number of rotatable bonds is 8. The zero-order valence-electron chi connectivity index (χ0n) is 14.5. The molecule has 2 aromatic carbocycles. The zero-order chi connectivity index (χ0) is 17.2. The molecule has 24 heavy (non-hydrogen) atoms. The minimum absolute atomic E-state index is 0.890. The highest BCUT2D eigenvalue weighted by atomic mass is 32.2. The molecule has 1 nitrogen and oxygen atoms in total. The van der Waals surface area contributed by atoms with Crippen LogP contribution in [0.3, 0.4) is 0 Å². The maximum atomic E-state index is 5.26. The number of allylic oxidation sites excluding steroid dienone is 2. The Morgan fingerprint density at radius 1 is 0.792 bits per heavy atom. The van der Waals surface area contributed by atoms with Crippen LogP contribution in [0.1, 0.15) is 25.0 Å². The van der Waals surface area contributed by atoms with Crippen molar-refractivity contribution >= 4 is 33.3 Å². The normalized spacial score (nSPS) is 12.3. The number of benzene rings is 2. The van der Waals surface area contributed by atoms with Crippen LogP contribution < -0.4 is 4.74 Å². The summed E-state index contributed by atoms with van der Waals surface area (Å²) in [6.45, 7) is 4.38. The topological polar surface area (TPSA) is 9.23 Å². The molecule has 0 amide bonds. The van der Waals surface area contributed by atoms with Gasteiger partial charge in [0, 0.05) is 9.81 Å². The first-order chi connectivity index (χ1) is 11.8. The van der Waals surface area contributed by atoms with Gasteiger partial charge in [-0.3, -0.25) is 0 Å². The van der Waals surface area contributed by atoms with Gasteiger partial charge >= 0.3 is 0 Å². The molecular formula is C21H24OS2. The predicted molar refractivity (Wildman–Crippen MR) is 112 cm³/mol. The van der Waals surface area contributed by atoms with E-state index in [1.807, 2.05) is 35.7 Å². The second-order valence-corrected chi connectivity index (χ2v) is 7.63. The van der Waals surface area contributed by atoms with Gasteiger partial charge in [-0.1, -0.05) is 56.3 Å². The van der Waals surface area contributed by atoms with Gasteiger partial charge in [-0.15, -0.1) is 23.5 Å². The van der Waals surface area contributed by atoms with E-state index in [4.69, 9.17) is 4.74 Å². The molecule has 2 aromatic rings. The average molecular weight is 357 g/mol. The van der Waals surface area contributed by atoms with Crippen LogP contribution in [-0.4, -0.2) is 18.6 Å². The monoisotopic (exact) mass is 356 g/mol. The van der Waals surface area contributed by atoms with Gasteiger partial charge in [0.15, 0.2) is 0 Å². The van der Waals surface area contributed by atoms with Gasteiger partial charge in [0.05, 0.1) is 7.11 Å². The summed E-state index contributed by atoms with van der Waals surface area (Å²) in [5, 5.41) is 0. The highest BCUT2D eigenvalue weighted by molar-refractivity contribution is 8.08. The maximum Gasteiger partial charge on any atom is 0.118 e. The van der Waals surface area contributed by atoms with E-state index in [1.54, 1.807) is 7.11 Å². The minimum Gasteiger partial charge on any atom is -0.497 e. The van der Waals surface area contributed by atoms with Crippen LogP contribution in [0.15, 0.2) is 66.7 Å². The van der Waals surface area contributed by atoms with Gasteiger partial charge in [-0.25, -0.2) is 0 Å². The van der Waals surface area contributed by atoms with E-state index >= 15 is 0 Å². The molecule has 0 atom stereocenters. The van der Waals surface area contributed by atoms with Crippen molar-refractivity contribution in [2.45, 2.75) is 13.8 Å². The number of methoxy groups -OCH3 is 1. The highest BCUT2D eigenvalue weighted by Crippen LogP contribution is 2.32. The molecule has 0 aliphatic carbocycles. The van der Waals surface area contributed by atoms with Gasteiger partial charge in [-0.05, 0) is 46.9 Å². The summed E-state index contributed by atoms with van der Waals surface area (Å²) in [5.74, 6) is 3.00. The summed E-state index contributed by atoms with van der Waals surface area (Å²) in [5.41, 5.74) is 2.50. The molecule has 0 aliphatic rings. The van der Waals surface area contributed by atoms with E-state index in [1.165, 1.54) is 20.9 Å². The van der Waals surface area contributed by atoms with Gasteiger partial charge in [-0.2, -0.15) is 0 Å².